The fraction of sp³-hybridized carbons (Fsp3) is 0.316. The Labute approximate surface area is 154 Å². The van der Waals surface area contributed by atoms with Crippen molar-refractivity contribution < 1.29 is 22.7 Å². The number of methoxy groups -OCH3 is 2. The van der Waals surface area contributed by atoms with Crippen LogP contribution in [0.5, 0.6) is 5.75 Å². The van der Waals surface area contributed by atoms with Gasteiger partial charge in [0, 0.05) is 6.07 Å². The van der Waals surface area contributed by atoms with E-state index in [4.69, 9.17) is 4.74 Å². The van der Waals surface area contributed by atoms with Crippen LogP contribution in [0.15, 0.2) is 29.2 Å². The van der Waals surface area contributed by atoms with Crippen molar-refractivity contribution in [3.8, 4) is 5.75 Å². The van der Waals surface area contributed by atoms with Gasteiger partial charge in [-0.05, 0) is 62.1 Å². The molecule has 0 spiro atoms. The smallest absolute Gasteiger partial charge is 0.341 e. The summed E-state index contributed by atoms with van der Waals surface area (Å²) in [5, 5.41) is 0. The predicted octanol–water partition coefficient (Wildman–Crippen LogP) is 3.52. The van der Waals surface area contributed by atoms with Gasteiger partial charge in [-0.3, -0.25) is 4.72 Å². The van der Waals surface area contributed by atoms with Crippen LogP contribution in [-0.4, -0.2) is 28.6 Å². The Hall–Kier alpha value is -2.54. The van der Waals surface area contributed by atoms with Gasteiger partial charge >= 0.3 is 5.97 Å². The van der Waals surface area contributed by atoms with E-state index in [9.17, 15) is 13.2 Å². The molecule has 0 aromatic heterocycles. The molecule has 0 aliphatic rings. The Kier molecular flexibility index (Phi) is 5.61. The number of hydrogen-bond donors (Lipinski definition) is 1. The number of benzene rings is 2. The van der Waals surface area contributed by atoms with Gasteiger partial charge in [-0.15, -0.1) is 0 Å². The van der Waals surface area contributed by atoms with Crippen LogP contribution in [0.3, 0.4) is 0 Å². The highest BCUT2D eigenvalue weighted by atomic mass is 32.2. The Morgan fingerprint density at radius 1 is 0.962 bits per heavy atom. The van der Waals surface area contributed by atoms with Gasteiger partial charge in [-0.25, -0.2) is 13.2 Å². The largest absolute Gasteiger partial charge is 0.496 e. The lowest BCUT2D eigenvalue weighted by Crippen LogP contribution is -2.17. The van der Waals surface area contributed by atoms with E-state index in [1.54, 1.807) is 13.8 Å². The minimum Gasteiger partial charge on any atom is -0.496 e. The number of carbonyl (C=O) groups excluding carboxylic acids is 1. The second kappa shape index (κ2) is 7.37. The van der Waals surface area contributed by atoms with Crippen molar-refractivity contribution in [2.75, 3.05) is 18.9 Å². The van der Waals surface area contributed by atoms with Crippen LogP contribution >= 0.6 is 0 Å². The molecule has 6 nitrogen and oxygen atoms in total. The first kappa shape index (κ1) is 19.8. The topological polar surface area (TPSA) is 81.7 Å². The van der Waals surface area contributed by atoms with Crippen molar-refractivity contribution in [2.45, 2.75) is 32.6 Å². The zero-order chi connectivity index (χ0) is 19.6. The number of rotatable bonds is 5. The van der Waals surface area contributed by atoms with Crippen molar-refractivity contribution >= 4 is 21.7 Å². The normalized spacial score (nSPS) is 11.2. The van der Waals surface area contributed by atoms with Crippen molar-refractivity contribution in [2.24, 2.45) is 0 Å². The van der Waals surface area contributed by atoms with Gasteiger partial charge in [0.05, 0.1) is 24.8 Å². The van der Waals surface area contributed by atoms with Crippen molar-refractivity contribution in [1.29, 1.82) is 0 Å². The first-order chi connectivity index (χ1) is 12.1. The Balaban J connectivity index is 2.50. The highest BCUT2D eigenvalue weighted by molar-refractivity contribution is 7.92. The molecule has 0 saturated carbocycles. The third-order valence-corrected chi connectivity index (χ3v) is 6.08. The maximum Gasteiger partial charge on any atom is 0.341 e. The molecule has 0 saturated heterocycles. The molecule has 0 aliphatic heterocycles. The molecule has 2 aromatic carbocycles. The maximum atomic E-state index is 13.0. The fourth-order valence-electron chi connectivity index (χ4n) is 2.82. The Morgan fingerprint density at radius 2 is 1.54 bits per heavy atom. The summed E-state index contributed by atoms with van der Waals surface area (Å²) in [6, 6.07) is 6.39. The average Bonchev–Trinajstić information content (AvgIpc) is 2.58. The van der Waals surface area contributed by atoms with E-state index in [1.807, 2.05) is 19.9 Å². The quantitative estimate of drug-likeness (QED) is 0.806. The second-order valence-corrected chi connectivity index (χ2v) is 7.72. The molecule has 0 bridgehead atoms. The number of anilines is 1. The predicted molar refractivity (Wildman–Crippen MR) is 101 cm³/mol. The minimum absolute atomic E-state index is 0.219. The van der Waals surface area contributed by atoms with Crippen molar-refractivity contribution in [1.82, 2.24) is 0 Å². The summed E-state index contributed by atoms with van der Waals surface area (Å²) in [4.78, 5) is 12.0. The molecule has 140 valence electrons. The molecule has 0 amide bonds. The van der Waals surface area contributed by atoms with E-state index in [2.05, 4.69) is 9.46 Å². The number of ether oxygens (including phenoxy) is 2. The fourth-order valence-corrected chi connectivity index (χ4v) is 4.49. The van der Waals surface area contributed by atoms with Gasteiger partial charge in [0.2, 0.25) is 0 Å². The molecular formula is C19H23NO5S. The monoisotopic (exact) mass is 377 g/mol. The van der Waals surface area contributed by atoms with Crippen molar-refractivity contribution in [3.63, 3.8) is 0 Å². The van der Waals surface area contributed by atoms with Crippen LogP contribution in [-0.2, 0) is 14.8 Å². The Morgan fingerprint density at radius 3 is 2.04 bits per heavy atom. The summed E-state index contributed by atoms with van der Waals surface area (Å²) in [5.74, 6) is -0.330. The summed E-state index contributed by atoms with van der Waals surface area (Å²) in [5.41, 5.74) is 3.75. The van der Waals surface area contributed by atoms with Gasteiger partial charge in [0.1, 0.15) is 11.3 Å². The number of sulfonamides is 1. The highest BCUT2D eigenvalue weighted by Crippen LogP contribution is 2.30. The van der Waals surface area contributed by atoms with Gasteiger partial charge in [-0.1, -0.05) is 6.07 Å². The molecule has 1 N–H and O–H groups in total. The SMILES string of the molecule is COC(=O)c1ccc(NS(=O)(=O)c2c(C)c(C)cc(C)c2C)cc1OC. The first-order valence-electron chi connectivity index (χ1n) is 7.99. The van der Waals surface area contributed by atoms with Crippen LogP contribution < -0.4 is 9.46 Å². The van der Waals surface area contributed by atoms with E-state index in [-0.39, 0.29) is 16.2 Å². The number of nitrogens with one attached hydrogen (secondary N) is 1. The summed E-state index contributed by atoms with van der Waals surface area (Å²) in [7, 11) is -1.14. The zero-order valence-corrected chi connectivity index (χ0v) is 16.6. The summed E-state index contributed by atoms with van der Waals surface area (Å²) < 4.78 is 38.4. The second-order valence-electron chi connectivity index (χ2n) is 6.10. The molecule has 0 heterocycles. The lowest BCUT2D eigenvalue weighted by molar-refractivity contribution is 0.0597. The summed E-state index contributed by atoms with van der Waals surface area (Å²) >= 11 is 0. The molecular weight excluding hydrogens is 354 g/mol. The van der Waals surface area contributed by atoms with Crippen molar-refractivity contribution in [3.05, 3.63) is 52.1 Å². The first-order valence-corrected chi connectivity index (χ1v) is 9.47. The molecule has 26 heavy (non-hydrogen) atoms. The lowest BCUT2D eigenvalue weighted by Gasteiger charge is -2.17. The Bertz CT molecular complexity index is 938. The number of hydrogen-bond acceptors (Lipinski definition) is 5. The van der Waals surface area contributed by atoms with Gasteiger partial charge in [0.25, 0.3) is 10.0 Å². The molecule has 7 heteroatoms. The van der Waals surface area contributed by atoms with Crippen LogP contribution in [0.4, 0.5) is 5.69 Å². The van der Waals surface area contributed by atoms with Crippen LogP contribution in [0.2, 0.25) is 0 Å². The standard InChI is InChI=1S/C19H23NO5S/c1-11-9-12(2)14(4)18(13(11)3)26(22,23)20-15-7-8-16(19(21)25-6)17(10-15)24-5/h7-10,20H,1-6H3. The number of esters is 1. The third kappa shape index (κ3) is 3.67. The van der Waals surface area contributed by atoms with E-state index >= 15 is 0 Å². The van der Waals surface area contributed by atoms with Crippen LogP contribution in [0.25, 0.3) is 0 Å². The zero-order valence-electron chi connectivity index (χ0n) is 15.8. The number of aryl methyl sites for hydroxylation is 2. The molecule has 0 radical (unpaired) electrons. The summed E-state index contributed by atoms with van der Waals surface area (Å²) in [6.45, 7) is 7.35. The molecule has 0 atom stereocenters. The average molecular weight is 377 g/mol. The van der Waals surface area contributed by atoms with Gasteiger partial charge < -0.3 is 9.47 Å². The molecule has 2 aromatic rings. The maximum absolute atomic E-state index is 13.0. The third-order valence-electron chi connectivity index (χ3n) is 4.42. The van der Waals surface area contributed by atoms with Crippen LogP contribution in [0, 0.1) is 27.7 Å². The minimum atomic E-state index is -3.81. The molecule has 0 unspecified atom stereocenters. The van der Waals surface area contributed by atoms with E-state index in [0.29, 0.717) is 16.8 Å². The number of carbonyl (C=O) groups is 1. The van der Waals surface area contributed by atoms with E-state index in [0.717, 1.165) is 11.1 Å². The van der Waals surface area contributed by atoms with E-state index in [1.165, 1.54) is 32.4 Å². The summed E-state index contributed by atoms with van der Waals surface area (Å²) in [6.07, 6.45) is 0. The molecule has 0 aliphatic carbocycles. The molecule has 0 fully saturated rings. The highest BCUT2D eigenvalue weighted by Gasteiger charge is 2.23. The van der Waals surface area contributed by atoms with Crippen LogP contribution in [0.1, 0.15) is 32.6 Å². The molecule has 2 rings (SSSR count). The lowest BCUT2D eigenvalue weighted by atomic mass is 10.0. The van der Waals surface area contributed by atoms with Gasteiger partial charge in [0.15, 0.2) is 0 Å². The van der Waals surface area contributed by atoms with E-state index < -0.39 is 16.0 Å². The van der Waals surface area contributed by atoms with Gasteiger partial charge in [-0.2, -0.15) is 0 Å².